The molecule has 0 saturated heterocycles. The minimum absolute atomic E-state index is 0.185. The fraction of sp³-hybridized carbons (Fsp3) is 0.588. The maximum atomic E-state index is 11.2. The molecule has 0 fully saturated rings. The van der Waals surface area contributed by atoms with Gasteiger partial charge in [0.2, 0.25) is 0 Å². The topological polar surface area (TPSA) is 37.3 Å². The Morgan fingerprint density at radius 3 is 2.05 bits per heavy atom. The van der Waals surface area contributed by atoms with Gasteiger partial charge in [0.25, 0.3) is 0 Å². The lowest BCUT2D eigenvalue weighted by Crippen LogP contribution is -2.14. The van der Waals surface area contributed by atoms with E-state index < -0.39 is 5.97 Å². The summed E-state index contributed by atoms with van der Waals surface area (Å²) in [5, 5.41) is 9.19. The first-order valence-electron chi connectivity index (χ1n) is 7.48. The number of carboxylic acid groups (broad SMARTS) is 1. The maximum absolute atomic E-state index is 11.2. The minimum atomic E-state index is -0.643. The highest BCUT2D eigenvalue weighted by atomic mass is 16.4. The predicted octanol–water partition coefficient (Wildman–Crippen LogP) is 4.46. The zero-order valence-electron chi connectivity index (χ0n) is 12.2. The van der Waals surface area contributed by atoms with E-state index >= 15 is 0 Å². The second-order valence-electron chi connectivity index (χ2n) is 5.28. The summed E-state index contributed by atoms with van der Waals surface area (Å²) in [6, 6.07) is 8.62. The molecule has 0 aliphatic rings. The number of aryl methyl sites for hydroxylation is 2. The highest BCUT2D eigenvalue weighted by Gasteiger charge is 2.16. The Morgan fingerprint density at radius 1 is 1.00 bits per heavy atom. The van der Waals surface area contributed by atoms with Crippen LogP contribution in [-0.2, 0) is 17.6 Å². The zero-order chi connectivity index (χ0) is 14.1. The van der Waals surface area contributed by atoms with Gasteiger partial charge in [0.1, 0.15) is 0 Å². The van der Waals surface area contributed by atoms with Crippen molar-refractivity contribution in [3.05, 3.63) is 35.4 Å². The molecule has 0 aromatic heterocycles. The van der Waals surface area contributed by atoms with Gasteiger partial charge in [-0.2, -0.15) is 0 Å². The lowest BCUT2D eigenvalue weighted by Gasteiger charge is -2.11. The molecule has 2 heteroatoms. The van der Waals surface area contributed by atoms with Crippen LogP contribution in [0.5, 0.6) is 0 Å². The SMILES string of the molecule is CCCC[C@@H](CCc1ccc(CCC)cc1)C(=O)O. The van der Waals surface area contributed by atoms with Crippen molar-refractivity contribution in [2.75, 3.05) is 0 Å². The van der Waals surface area contributed by atoms with Crippen molar-refractivity contribution in [2.45, 2.75) is 58.8 Å². The predicted molar refractivity (Wildman–Crippen MR) is 79.4 cm³/mol. The molecule has 0 bridgehead atoms. The van der Waals surface area contributed by atoms with Crippen LogP contribution in [0, 0.1) is 5.92 Å². The quantitative estimate of drug-likeness (QED) is 0.713. The van der Waals surface area contributed by atoms with E-state index in [1.165, 1.54) is 11.1 Å². The highest BCUT2D eigenvalue weighted by molar-refractivity contribution is 5.69. The molecule has 0 aliphatic carbocycles. The third-order valence-electron chi connectivity index (χ3n) is 3.60. The molecule has 1 aromatic rings. The summed E-state index contributed by atoms with van der Waals surface area (Å²) in [7, 11) is 0. The Kier molecular flexibility index (Phi) is 7.24. The van der Waals surface area contributed by atoms with Crippen molar-refractivity contribution in [3.63, 3.8) is 0 Å². The molecule has 1 aromatic carbocycles. The Morgan fingerprint density at radius 2 is 1.58 bits per heavy atom. The zero-order valence-corrected chi connectivity index (χ0v) is 12.2. The molecule has 106 valence electrons. The fourth-order valence-electron chi connectivity index (χ4n) is 2.34. The van der Waals surface area contributed by atoms with Crippen LogP contribution in [0.2, 0.25) is 0 Å². The lowest BCUT2D eigenvalue weighted by atomic mass is 9.94. The third-order valence-corrected chi connectivity index (χ3v) is 3.60. The van der Waals surface area contributed by atoms with Crippen LogP contribution in [0.25, 0.3) is 0 Å². The van der Waals surface area contributed by atoms with E-state index in [1.54, 1.807) is 0 Å². The number of aliphatic carboxylic acids is 1. The smallest absolute Gasteiger partial charge is 0.306 e. The molecule has 19 heavy (non-hydrogen) atoms. The van der Waals surface area contributed by atoms with E-state index in [0.717, 1.165) is 44.9 Å². The number of carbonyl (C=O) groups is 1. The van der Waals surface area contributed by atoms with Gasteiger partial charge in [-0.15, -0.1) is 0 Å². The Labute approximate surface area is 116 Å². The van der Waals surface area contributed by atoms with Gasteiger partial charge < -0.3 is 5.11 Å². The first kappa shape index (κ1) is 15.7. The van der Waals surface area contributed by atoms with E-state index in [1.807, 2.05) is 0 Å². The van der Waals surface area contributed by atoms with Crippen LogP contribution >= 0.6 is 0 Å². The molecule has 0 spiro atoms. The van der Waals surface area contributed by atoms with E-state index in [4.69, 9.17) is 0 Å². The Hall–Kier alpha value is -1.31. The van der Waals surface area contributed by atoms with Gasteiger partial charge in [-0.25, -0.2) is 0 Å². The molecule has 0 heterocycles. The summed E-state index contributed by atoms with van der Waals surface area (Å²) >= 11 is 0. The number of unbranched alkanes of at least 4 members (excludes halogenated alkanes) is 1. The molecule has 0 saturated carbocycles. The number of carboxylic acids is 1. The molecule has 1 N–H and O–H groups in total. The van der Waals surface area contributed by atoms with E-state index in [9.17, 15) is 9.90 Å². The van der Waals surface area contributed by atoms with Crippen molar-refractivity contribution < 1.29 is 9.90 Å². The van der Waals surface area contributed by atoms with Gasteiger partial charge in [-0.3, -0.25) is 4.79 Å². The maximum Gasteiger partial charge on any atom is 0.306 e. The molecule has 2 nitrogen and oxygen atoms in total. The number of rotatable bonds is 9. The van der Waals surface area contributed by atoms with Crippen molar-refractivity contribution in [3.8, 4) is 0 Å². The number of hydrogen-bond donors (Lipinski definition) is 1. The van der Waals surface area contributed by atoms with Gasteiger partial charge in [0.15, 0.2) is 0 Å². The van der Waals surface area contributed by atoms with Crippen LogP contribution in [0.1, 0.15) is 57.1 Å². The Bertz CT molecular complexity index is 367. The largest absolute Gasteiger partial charge is 0.481 e. The van der Waals surface area contributed by atoms with Gasteiger partial charge in [0.05, 0.1) is 5.92 Å². The number of hydrogen-bond acceptors (Lipinski definition) is 1. The Balaban J connectivity index is 2.46. The molecule has 0 unspecified atom stereocenters. The monoisotopic (exact) mass is 262 g/mol. The standard InChI is InChI=1S/C17H26O2/c1-3-5-7-16(17(18)19)13-12-15-10-8-14(6-4-2)9-11-15/h8-11,16H,3-7,12-13H2,1-2H3,(H,18,19)/t16-/m0/s1. The fourth-order valence-corrected chi connectivity index (χ4v) is 2.34. The van der Waals surface area contributed by atoms with Crippen molar-refractivity contribution in [2.24, 2.45) is 5.92 Å². The van der Waals surface area contributed by atoms with E-state index in [-0.39, 0.29) is 5.92 Å². The second kappa shape index (κ2) is 8.73. The minimum Gasteiger partial charge on any atom is -0.481 e. The van der Waals surface area contributed by atoms with Gasteiger partial charge >= 0.3 is 5.97 Å². The van der Waals surface area contributed by atoms with Crippen LogP contribution in [-0.4, -0.2) is 11.1 Å². The first-order valence-corrected chi connectivity index (χ1v) is 7.48. The normalized spacial score (nSPS) is 12.3. The van der Waals surface area contributed by atoms with Gasteiger partial charge in [0, 0.05) is 0 Å². The van der Waals surface area contributed by atoms with Crippen molar-refractivity contribution in [1.82, 2.24) is 0 Å². The average Bonchev–Trinajstić information content (AvgIpc) is 2.40. The molecule has 0 aliphatic heterocycles. The van der Waals surface area contributed by atoms with Gasteiger partial charge in [-0.05, 0) is 36.8 Å². The molecular formula is C17H26O2. The van der Waals surface area contributed by atoms with E-state index in [2.05, 4.69) is 38.1 Å². The average molecular weight is 262 g/mol. The summed E-state index contributed by atoms with van der Waals surface area (Å²) in [5.41, 5.74) is 2.62. The molecule has 0 radical (unpaired) electrons. The first-order chi connectivity index (χ1) is 9.17. The summed E-state index contributed by atoms with van der Waals surface area (Å²) in [6.07, 6.45) is 6.78. The third kappa shape index (κ3) is 5.91. The number of benzene rings is 1. The van der Waals surface area contributed by atoms with Crippen LogP contribution in [0.3, 0.4) is 0 Å². The lowest BCUT2D eigenvalue weighted by molar-refractivity contribution is -0.142. The van der Waals surface area contributed by atoms with Gasteiger partial charge in [-0.1, -0.05) is 57.4 Å². The molecule has 0 amide bonds. The molecule has 1 rings (SSSR count). The second-order valence-corrected chi connectivity index (χ2v) is 5.28. The molecule has 1 atom stereocenters. The van der Waals surface area contributed by atoms with Crippen molar-refractivity contribution in [1.29, 1.82) is 0 Å². The summed E-state index contributed by atoms with van der Waals surface area (Å²) in [5.74, 6) is -0.827. The summed E-state index contributed by atoms with van der Waals surface area (Å²) in [4.78, 5) is 11.2. The van der Waals surface area contributed by atoms with Crippen LogP contribution < -0.4 is 0 Å². The molecular weight excluding hydrogens is 236 g/mol. The van der Waals surface area contributed by atoms with Crippen LogP contribution in [0.15, 0.2) is 24.3 Å². The van der Waals surface area contributed by atoms with E-state index in [0.29, 0.717) is 0 Å². The highest BCUT2D eigenvalue weighted by Crippen LogP contribution is 2.17. The summed E-state index contributed by atoms with van der Waals surface area (Å²) in [6.45, 7) is 4.28. The van der Waals surface area contributed by atoms with Crippen LogP contribution in [0.4, 0.5) is 0 Å². The van der Waals surface area contributed by atoms with Crippen molar-refractivity contribution >= 4 is 5.97 Å². The summed E-state index contributed by atoms with van der Waals surface area (Å²) < 4.78 is 0.